The summed E-state index contributed by atoms with van der Waals surface area (Å²) in [7, 11) is 0. The molecule has 0 fully saturated rings. The Morgan fingerprint density at radius 1 is 1.25 bits per heavy atom. The molecule has 106 valence electrons. The van der Waals surface area contributed by atoms with Crippen LogP contribution in [-0.2, 0) is 9.53 Å². The molecular weight excluding hydrogens is 256 g/mol. The minimum atomic E-state index is -0.490. The molecule has 0 spiro atoms. The average Bonchev–Trinajstić information content (AvgIpc) is 2.37. The molecule has 1 aromatic carbocycles. The van der Waals surface area contributed by atoms with Gasteiger partial charge in [0.15, 0.2) is 0 Å². The van der Waals surface area contributed by atoms with E-state index in [9.17, 15) is 9.59 Å². The van der Waals surface area contributed by atoms with E-state index in [-0.39, 0.29) is 12.1 Å². The molecule has 2 N–H and O–H groups in total. The number of urea groups is 1. The van der Waals surface area contributed by atoms with Gasteiger partial charge in [-0.15, -0.1) is 0 Å². The topological polar surface area (TPSA) is 67.4 Å². The smallest absolute Gasteiger partial charge is 0.338 e. The summed E-state index contributed by atoms with van der Waals surface area (Å²) in [5.74, 6) is -0.418. The Bertz CT molecular complexity index is 549. The maximum absolute atomic E-state index is 12.2. The van der Waals surface area contributed by atoms with Crippen LogP contribution in [0.25, 0.3) is 0 Å². The van der Waals surface area contributed by atoms with Crippen molar-refractivity contribution >= 4 is 12.0 Å². The molecule has 1 aliphatic heterocycles. The zero-order chi connectivity index (χ0) is 14.7. The van der Waals surface area contributed by atoms with Gasteiger partial charge in [-0.25, -0.2) is 9.59 Å². The largest absolute Gasteiger partial charge is 0.459 e. The Labute approximate surface area is 118 Å². The van der Waals surface area contributed by atoms with Crippen LogP contribution in [0.5, 0.6) is 0 Å². The van der Waals surface area contributed by atoms with Gasteiger partial charge < -0.3 is 15.4 Å². The van der Waals surface area contributed by atoms with Crippen LogP contribution in [-0.4, -0.2) is 18.1 Å². The number of carbonyl (C=O) groups is 2. The predicted octanol–water partition coefficient (Wildman–Crippen LogP) is 2.27. The molecule has 0 bridgehead atoms. The highest BCUT2D eigenvalue weighted by molar-refractivity contribution is 5.95. The molecule has 1 aliphatic rings. The number of amides is 2. The number of hydrogen-bond donors (Lipinski definition) is 2. The Morgan fingerprint density at radius 2 is 1.90 bits per heavy atom. The normalized spacial score (nSPS) is 18.6. The van der Waals surface area contributed by atoms with Crippen LogP contribution < -0.4 is 10.6 Å². The predicted molar refractivity (Wildman–Crippen MR) is 74.8 cm³/mol. The van der Waals surface area contributed by atoms with Gasteiger partial charge >= 0.3 is 12.0 Å². The standard InChI is InChI=1S/C15H18N2O3/c1-9(2)20-14(18)12-10(3)16-15(19)17-13(12)11-7-5-4-6-8-11/h4-9,13H,1-3H3,(H2,16,17,19)/t13-/m0/s1. The van der Waals surface area contributed by atoms with Gasteiger partial charge in [-0.2, -0.15) is 0 Å². The Kier molecular flexibility index (Phi) is 4.08. The first-order valence-corrected chi connectivity index (χ1v) is 6.53. The number of nitrogens with one attached hydrogen (secondary N) is 2. The quantitative estimate of drug-likeness (QED) is 0.831. The van der Waals surface area contributed by atoms with Crippen LogP contribution in [0.15, 0.2) is 41.6 Å². The van der Waals surface area contributed by atoms with Crippen molar-refractivity contribution in [2.45, 2.75) is 32.9 Å². The van der Waals surface area contributed by atoms with Gasteiger partial charge in [0, 0.05) is 5.70 Å². The highest BCUT2D eigenvalue weighted by Gasteiger charge is 2.32. The van der Waals surface area contributed by atoms with E-state index in [4.69, 9.17) is 4.74 Å². The van der Waals surface area contributed by atoms with Crippen molar-refractivity contribution in [1.29, 1.82) is 0 Å². The highest BCUT2D eigenvalue weighted by atomic mass is 16.5. The number of allylic oxidation sites excluding steroid dienone is 1. The second kappa shape index (κ2) is 5.77. The molecule has 0 unspecified atom stereocenters. The van der Waals surface area contributed by atoms with E-state index >= 15 is 0 Å². The summed E-state index contributed by atoms with van der Waals surface area (Å²) >= 11 is 0. The molecular formula is C15H18N2O3. The van der Waals surface area contributed by atoms with E-state index in [1.165, 1.54) is 0 Å². The van der Waals surface area contributed by atoms with Crippen molar-refractivity contribution in [2.75, 3.05) is 0 Å². The number of esters is 1. The fourth-order valence-corrected chi connectivity index (χ4v) is 2.14. The third-order valence-electron chi connectivity index (χ3n) is 2.96. The van der Waals surface area contributed by atoms with Crippen LogP contribution in [0.4, 0.5) is 4.79 Å². The van der Waals surface area contributed by atoms with Gasteiger partial charge in [0.05, 0.1) is 17.7 Å². The number of benzene rings is 1. The van der Waals surface area contributed by atoms with Gasteiger partial charge in [0.25, 0.3) is 0 Å². The number of hydrogen-bond acceptors (Lipinski definition) is 3. The minimum absolute atomic E-state index is 0.211. The monoisotopic (exact) mass is 274 g/mol. The van der Waals surface area contributed by atoms with Crippen molar-refractivity contribution in [3.8, 4) is 0 Å². The number of carbonyl (C=O) groups excluding carboxylic acids is 2. The van der Waals surface area contributed by atoms with Crippen molar-refractivity contribution in [3.05, 3.63) is 47.2 Å². The van der Waals surface area contributed by atoms with E-state index in [1.54, 1.807) is 20.8 Å². The maximum atomic E-state index is 12.2. The van der Waals surface area contributed by atoms with Crippen LogP contribution in [0.2, 0.25) is 0 Å². The molecule has 1 heterocycles. The zero-order valence-corrected chi connectivity index (χ0v) is 11.8. The fraction of sp³-hybridized carbons (Fsp3) is 0.333. The molecule has 5 nitrogen and oxygen atoms in total. The second-order valence-electron chi connectivity index (χ2n) is 4.93. The summed E-state index contributed by atoms with van der Waals surface area (Å²) < 4.78 is 5.26. The SMILES string of the molecule is CC1=C(C(=O)OC(C)C)[C@H](c2ccccc2)NC(=O)N1. The summed E-state index contributed by atoms with van der Waals surface area (Å²) in [5, 5.41) is 5.37. The summed E-state index contributed by atoms with van der Waals surface area (Å²) in [4.78, 5) is 23.9. The van der Waals surface area contributed by atoms with Gasteiger partial charge in [-0.05, 0) is 26.3 Å². The van der Waals surface area contributed by atoms with E-state index < -0.39 is 12.0 Å². The molecule has 0 aliphatic carbocycles. The average molecular weight is 274 g/mol. The molecule has 2 rings (SSSR count). The lowest BCUT2D eigenvalue weighted by atomic mass is 9.95. The molecule has 1 atom stereocenters. The molecule has 0 saturated heterocycles. The molecule has 0 radical (unpaired) electrons. The summed E-state index contributed by atoms with van der Waals surface area (Å²) in [6.45, 7) is 5.28. The van der Waals surface area contributed by atoms with Crippen molar-refractivity contribution in [1.82, 2.24) is 10.6 Å². The fourth-order valence-electron chi connectivity index (χ4n) is 2.14. The van der Waals surface area contributed by atoms with Gasteiger partial charge in [0.1, 0.15) is 0 Å². The summed E-state index contributed by atoms with van der Waals surface area (Å²) in [5.41, 5.74) is 1.80. The minimum Gasteiger partial charge on any atom is -0.459 e. The Balaban J connectivity index is 2.39. The first-order chi connectivity index (χ1) is 9.49. The molecule has 5 heteroatoms. The van der Waals surface area contributed by atoms with Crippen LogP contribution in [0.1, 0.15) is 32.4 Å². The number of ether oxygens (including phenoxy) is 1. The molecule has 0 aromatic heterocycles. The summed E-state index contributed by atoms with van der Waals surface area (Å²) in [6.07, 6.45) is -0.211. The van der Waals surface area contributed by atoms with Crippen molar-refractivity contribution in [2.24, 2.45) is 0 Å². The van der Waals surface area contributed by atoms with Gasteiger partial charge in [-0.3, -0.25) is 0 Å². The summed E-state index contributed by atoms with van der Waals surface area (Å²) in [6, 6.07) is 8.54. The third kappa shape index (κ3) is 2.99. The van der Waals surface area contributed by atoms with Gasteiger partial charge in [-0.1, -0.05) is 30.3 Å². The molecule has 1 aromatic rings. The number of rotatable bonds is 3. The first kappa shape index (κ1) is 14.1. The third-order valence-corrected chi connectivity index (χ3v) is 2.96. The second-order valence-corrected chi connectivity index (χ2v) is 4.93. The highest BCUT2D eigenvalue weighted by Crippen LogP contribution is 2.27. The van der Waals surface area contributed by atoms with E-state index in [0.717, 1.165) is 5.56 Å². The Hall–Kier alpha value is -2.30. The first-order valence-electron chi connectivity index (χ1n) is 6.53. The zero-order valence-electron chi connectivity index (χ0n) is 11.8. The van der Waals surface area contributed by atoms with E-state index in [2.05, 4.69) is 10.6 Å². The lowest BCUT2D eigenvalue weighted by Gasteiger charge is -2.28. The van der Waals surface area contributed by atoms with Crippen LogP contribution in [0.3, 0.4) is 0 Å². The maximum Gasteiger partial charge on any atom is 0.338 e. The van der Waals surface area contributed by atoms with Crippen LogP contribution >= 0.6 is 0 Å². The molecule has 2 amide bonds. The van der Waals surface area contributed by atoms with Crippen LogP contribution in [0, 0.1) is 0 Å². The van der Waals surface area contributed by atoms with Crippen molar-refractivity contribution in [3.63, 3.8) is 0 Å². The molecule has 20 heavy (non-hydrogen) atoms. The van der Waals surface area contributed by atoms with E-state index in [0.29, 0.717) is 11.3 Å². The lowest BCUT2D eigenvalue weighted by molar-refractivity contribution is -0.143. The lowest BCUT2D eigenvalue weighted by Crippen LogP contribution is -2.45. The molecule has 0 saturated carbocycles. The van der Waals surface area contributed by atoms with Gasteiger partial charge in [0.2, 0.25) is 0 Å². The van der Waals surface area contributed by atoms with E-state index in [1.807, 2.05) is 30.3 Å². The van der Waals surface area contributed by atoms with Crippen molar-refractivity contribution < 1.29 is 14.3 Å². The Morgan fingerprint density at radius 3 is 2.50 bits per heavy atom.